The summed E-state index contributed by atoms with van der Waals surface area (Å²) in [7, 11) is -3.62. The van der Waals surface area contributed by atoms with Crippen LogP contribution in [0.25, 0.3) is 15.7 Å². The van der Waals surface area contributed by atoms with E-state index in [9.17, 15) is 42.4 Å². The van der Waals surface area contributed by atoms with E-state index < -0.39 is 55.3 Å². The van der Waals surface area contributed by atoms with Crippen molar-refractivity contribution < 1.29 is 42.4 Å². The van der Waals surface area contributed by atoms with E-state index in [1.54, 1.807) is 0 Å². The first kappa shape index (κ1) is 34.9. The zero-order chi connectivity index (χ0) is 36.2. The SMILES string of the molecule is C=CS(=O)(=O)c1ccc(N=Nc2ccc(N=Nc3c(O)cc(C(=O)O)c(N=Nc4ccc(C(=C)S(=O)[O-])cc4)c3O)c3ccc(O)cc23)cc1. The number of nitrogens with zero attached hydrogens (tertiary/aromatic N) is 6. The molecule has 0 amide bonds. The second kappa shape index (κ2) is 14.4. The fourth-order valence-electron chi connectivity index (χ4n) is 4.41. The van der Waals surface area contributed by atoms with Gasteiger partial charge in [-0.1, -0.05) is 25.3 Å². The molecule has 5 aromatic carbocycles. The van der Waals surface area contributed by atoms with Crippen LogP contribution in [0.4, 0.5) is 34.1 Å². The van der Waals surface area contributed by atoms with Crippen LogP contribution in [0.5, 0.6) is 17.2 Å². The summed E-state index contributed by atoms with van der Waals surface area (Å²) in [5, 5.41) is 67.3. The van der Waals surface area contributed by atoms with Crippen LogP contribution in [-0.4, -0.2) is 43.6 Å². The van der Waals surface area contributed by atoms with Gasteiger partial charge in [-0.05, 0) is 89.4 Å². The molecule has 252 valence electrons. The first-order chi connectivity index (χ1) is 23.8. The van der Waals surface area contributed by atoms with Gasteiger partial charge >= 0.3 is 5.97 Å². The van der Waals surface area contributed by atoms with Crippen molar-refractivity contribution in [1.82, 2.24) is 0 Å². The molecule has 0 heterocycles. The number of phenolic OH excluding ortho intramolecular Hbond substituents is 3. The van der Waals surface area contributed by atoms with Crippen LogP contribution in [-0.2, 0) is 20.9 Å². The van der Waals surface area contributed by atoms with E-state index in [0.29, 0.717) is 27.7 Å². The van der Waals surface area contributed by atoms with Crippen LogP contribution in [0.1, 0.15) is 15.9 Å². The number of phenols is 3. The highest BCUT2D eigenvalue weighted by molar-refractivity contribution is 7.94. The monoisotopic (exact) mass is 711 g/mol. The van der Waals surface area contributed by atoms with Crippen LogP contribution in [0, 0.1) is 0 Å². The molecule has 0 radical (unpaired) electrons. The van der Waals surface area contributed by atoms with E-state index >= 15 is 0 Å². The Hall–Kier alpha value is -6.43. The van der Waals surface area contributed by atoms with Gasteiger partial charge in [0.05, 0.1) is 33.2 Å². The lowest BCUT2D eigenvalue weighted by Crippen LogP contribution is -1.97. The number of carboxylic acid groups (broad SMARTS) is 1. The van der Waals surface area contributed by atoms with Crippen molar-refractivity contribution in [2.45, 2.75) is 4.90 Å². The Labute approximate surface area is 285 Å². The summed E-state index contributed by atoms with van der Waals surface area (Å²) in [6.45, 7) is 6.75. The van der Waals surface area contributed by atoms with Crippen molar-refractivity contribution in [2.75, 3.05) is 0 Å². The molecule has 1 atom stereocenters. The number of rotatable bonds is 11. The predicted octanol–water partition coefficient (Wildman–Crippen LogP) is 8.67. The third-order valence-corrected chi connectivity index (χ3v) is 8.99. The summed E-state index contributed by atoms with van der Waals surface area (Å²) in [4.78, 5) is 11.8. The van der Waals surface area contributed by atoms with Crippen LogP contribution in [0.2, 0.25) is 0 Å². The zero-order valence-electron chi connectivity index (χ0n) is 25.4. The molecule has 1 unspecified atom stereocenters. The smallest absolute Gasteiger partial charge is 0.338 e. The molecule has 17 heteroatoms. The van der Waals surface area contributed by atoms with Gasteiger partial charge in [-0.3, -0.25) is 4.21 Å². The molecule has 0 saturated heterocycles. The second-order valence-corrected chi connectivity index (χ2v) is 13.0. The maximum atomic E-state index is 12.0. The molecular weight excluding hydrogens is 689 g/mol. The predicted molar refractivity (Wildman–Crippen MR) is 183 cm³/mol. The summed E-state index contributed by atoms with van der Waals surface area (Å²) >= 11 is -2.53. The molecule has 5 rings (SSSR count). The third kappa shape index (κ3) is 7.49. The fourth-order valence-corrected chi connectivity index (χ4v) is 5.45. The fraction of sp³-hybridized carbons (Fsp3) is 0. The minimum absolute atomic E-state index is 0.0385. The maximum Gasteiger partial charge on any atom is 0.338 e. The highest BCUT2D eigenvalue weighted by Gasteiger charge is 2.22. The van der Waals surface area contributed by atoms with E-state index in [2.05, 4.69) is 43.8 Å². The largest absolute Gasteiger partial charge is 0.768 e. The molecule has 5 aromatic rings. The Morgan fingerprint density at radius 2 is 1.30 bits per heavy atom. The maximum absolute atomic E-state index is 12.0. The van der Waals surface area contributed by atoms with Gasteiger partial charge in [0, 0.05) is 21.1 Å². The molecule has 0 fully saturated rings. The van der Waals surface area contributed by atoms with Crippen molar-refractivity contribution in [3.8, 4) is 17.2 Å². The van der Waals surface area contributed by atoms with Crippen molar-refractivity contribution in [1.29, 1.82) is 0 Å². The van der Waals surface area contributed by atoms with Crippen LogP contribution >= 0.6 is 0 Å². The molecule has 50 heavy (non-hydrogen) atoms. The first-order valence-corrected chi connectivity index (χ1v) is 16.6. The van der Waals surface area contributed by atoms with E-state index in [1.165, 1.54) is 78.9 Å². The quantitative estimate of drug-likeness (QED) is 0.0754. The molecule has 0 bridgehead atoms. The number of aromatic carboxylic acids is 1. The normalized spacial score (nSPS) is 12.6. The van der Waals surface area contributed by atoms with Crippen molar-refractivity contribution in [3.63, 3.8) is 0 Å². The molecule has 0 aromatic heterocycles. The number of carboxylic acids is 1. The van der Waals surface area contributed by atoms with Gasteiger partial charge in [-0.25, -0.2) is 13.2 Å². The van der Waals surface area contributed by atoms with Crippen LogP contribution in [0.15, 0.2) is 139 Å². The molecule has 0 aliphatic rings. The minimum atomic E-state index is -3.62. The van der Waals surface area contributed by atoms with E-state index in [4.69, 9.17) is 0 Å². The molecule has 15 nitrogen and oxygen atoms in total. The number of fused-ring (bicyclic) bond motifs is 1. The summed E-state index contributed by atoms with van der Waals surface area (Å²) in [6.07, 6.45) is 0. The molecular formula is C33H23N6O9S2-. The number of hydrogen-bond acceptors (Lipinski definition) is 14. The molecule has 0 spiro atoms. The first-order valence-electron chi connectivity index (χ1n) is 14.0. The minimum Gasteiger partial charge on any atom is -0.768 e. The average molecular weight is 712 g/mol. The second-order valence-electron chi connectivity index (χ2n) is 10.1. The van der Waals surface area contributed by atoms with E-state index in [1.807, 2.05) is 0 Å². The van der Waals surface area contributed by atoms with Gasteiger partial charge < -0.3 is 25.0 Å². The highest BCUT2D eigenvalue weighted by Crippen LogP contribution is 2.47. The van der Waals surface area contributed by atoms with Gasteiger partial charge in [0.15, 0.2) is 21.3 Å². The Balaban J connectivity index is 1.49. The summed E-state index contributed by atoms with van der Waals surface area (Å²) in [6, 6.07) is 19.4. The lowest BCUT2D eigenvalue weighted by molar-refractivity contribution is 0.0697. The average Bonchev–Trinajstić information content (AvgIpc) is 3.10. The van der Waals surface area contributed by atoms with Crippen molar-refractivity contribution >= 4 is 76.7 Å². The molecule has 0 aliphatic heterocycles. The molecule has 4 N–H and O–H groups in total. The van der Waals surface area contributed by atoms with Crippen LogP contribution < -0.4 is 0 Å². The standard InChI is InChI=1S/C33H24N6O9S2/c1-3-50(47,48)23-11-8-21(9-12-23)34-36-28-15-14-27(24-13-10-22(40)16-25(24)28)37-39-31-29(41)17-26(33(43)44)30(32(31)42)38-35-20-6-4-19(5-7-20)18(2)49(45)46/h3-17,40-42H,1-2H2,(H,43,44)(H,45,46)/p-1. The summed E-state index contributed by atoms with van der Waals surface area (Å²) in [5.74, 6) is -3.21. The lowest BCUT2D eigenvalue weighted by Gasteiger charge is -2.09. The number of benzene rings is 5. The highest BCUT2D eigenvalue weighted by atomic mass is 32.2. The van der Waals surface area contributed by atoms with Gasteiger partial charge in [0.25, 0.3) is 0 Å². The molecule has 0 aliphatic carbocycles. The van der Waals surface area contributed by atoms with E-state index in [0.717, 1.165) is 11.5 Å². The topological polar surface area (TPSA) is 246 Å². The number of hydrogen-bond donors (Lipinski definition) is 4. The van der Waals surface area contributed by atoms with Gasteiger partial charge in [-0.2, -0.15) is 10.2 Å². The number of sulfone groups is 1. The Kier molecular flexibility index (Phi) is 10.0. The number of azo groups is 3. The van der Waals surface area contributed by atoms with Gasteiger partial charge in [0.1, 0.15) is 17.2 Å². The van der Waals surface area contributed by atoms with Gasteiger partial charge in [0.2, 0.25) is 0 Å². The van der Waals surface area contributed by atoms with E-state index in [-0.39, 0.29) is 26.9 Å². The zero-order valence-corrected chi connectivity index (χ0v) is 27.0. The Morgan fingerprint density at radius 1 is 0.740 bits per heavy atom. The summed E-state index contributed by atoms with van der Waals surface area (Å²) < 4.78 is 46.3. The van der Waals surface area contributed by atoms with Crippen LogP contribution in [0.3, 0.4) is 0 Å². The number of carbonyl (C=O) groups is 1. The third-order valence-electron chi connectivity index (χ3n) is 6.98. The Bertz CT molecular complexity index is 2410. The Morgan fingerprint density at radius 3 is 1.90 bits per heavy atom. The lowest BCUT2D eigenvalue weighted by atomic mass is 10.1. The summed E-state index contributed by atoms with van der Waals surface area (Å²) in [5.41, 5.74) is -0.347. The molecule has 0 saturated carbocycles. The number of aromatic hydroxyl groups is 3. The van der Waals surface area contributed by atoms with Crippen molar-refractivity contribution in [3.05, 3.63) is 115 Å². The van der Waals surface area contributed by atoms with Crippen molar-refractivity contribution in [2.24, 2.45) is 30.7 Å². The van der Waals surface area contributed by atoms with Gasteiger partial charge in [-0.15, -0.1) is 20.5 Å².